The van der Waals surface area contributed by atoms with Gasteiger partial charge in [-0.2, -0.15) is 0 Å². The van der Waals surface area contributed by atoms with E-state index < -0.39 is 36.6 Å². The summed E-state index contributed by atoms with van der Waals surface area (Å²) in [4.78, 5) is 12.6. The fourth-order valence-corrected chi connectivity index (χ4v) is 6.74. The third-order valence-corrected chi connectivity index (χ3v) is 10.1. The Morgan fingerprint density at radius 2 is 0.958 bits per heavy atom. The Morgan fingerprint density at radius 3 is 1.46 bits per heavy atom. The Labute approximate surface area is 295 Å². The van der Waals surface area contributed by atoms with Crippen molar-refractivity contribution in [1.29, 1.82) is 0 Å². The van der Waals surface area contributed by atoms with Gasteiger partial charge in [0, 0.05) is 13.0 Å². The van der Waals surface area contributed by atoms with Crippen LogP contribution in [0.3, 0.4) is 0 Å². The van der Waals surface area contributed by atoms with E-state index in [0.717, 1.165) is 38.0 Å². The first-order valence-corrected chi connectivity index (χ1v) is 20.4. The topological polar surface area (TPSA) is 126 Å². The van der Waals surface area contributed by atoms with Crippen LogP contribution in [0, 0.1) is 5.92 Å². The number of ether oxygens (including phenoxy) is 3. The molecule has 0 unspecified atom stereocenters. The van der Waals surface area contributed by atoms with Crippen molar-refractivity contribution in [1.82, 2.24) is 0 Å². The van der Waals surface area contributed by atoms with E-state index in [1.165, 1.54) is 128 Å². The van der Waals surface area contributed by atoms with Gasteiger partial charge in [-0.1, -0.05) is 168 Å². The third-order valence-electron chi connectivity index (χ3n) is 10.1. The van der Waals surface area contributed by atoms with E-state index in [0.29, 0.717) is 13.0 Å². The first-order chi connectivity index (χ1) is 23.3. The lowest BCUT2D eigenvalue weighted by Gasteiger charge is -2.24. The second-order valence-electron chi connectivity index (χ2n) is 14.8. The smallest absolute Gasteiger partial charge is 0.306 e. The highest BCUT2D eigenvalue weighted by Gasteiger charge is 2.49. The first-order valence-electron chi connectivity index (χ1n) is 20.4. The summed E-state index contributed by atoms with van der Waals surface area (Å²) >= 11 is 0. The zero-order valence-electron chi connectivity index (χ0n) is 31.5. The minimum absolute atomic E-state index is 0.0975. The highest BCUT2D eigenvalue weighted by atomic mass is 16.6. The zero-order valence-corrected chi connectivity index (χ0v) is 31.5. The lowest BCUT2D eigenvalue weighted by molar-refractivity contribution is -0.163. The van der Waals surface area contributed by atoms with Gasteiger partial charge in [0.1, 0.15) is 36.6 Å². The number of hydrogen-bond acceptors (Lipinski definition) is 8. The molecule has 1 aliphatic carbocycles. The predicted molar refractivity (Wildman–Crippen MR) is 195 cm³/mol. The Morgan fingerprint density at radius 1 is 0.542 bits per heavy atom. The molecular weight excluding hydrogens is 608 g/mol. The van der Waals surface area contributed by atoms with Gasteiger partial charge >= 0.3 is 5.97 Å². The van der Waals surface area contributed by atoms with Crippen molar-refractivity contribution < 1.29 is 39.4 Å². The summed E-state index contributed by atoms with van der Waals surface area (Å²) in [5.41, 5.74) is 0. The second-order valence-corrected chi connectivity index (χ2v) is 14.8. The summed E-state index contributed by atoms with van der Waals surface area (Å²) in [5, 5.41) is 40.1. The highest BCUT2D eigenvalue weighted by Crippen LogP contribution is 2.25. The fraction of sp³-hybridized carbons (Fsp3) is 0.975. The summed E-state index contributed by atoms with van der Waals surface area (Å²) < 4.78 is 17.2. The van der Waals surface area contributed by atoms with Gasteiger partial charge in [0.15, 0.2) is 0 Å². The van der Waals surface area contributed by atoms with E-state index in [-0.39, 0.29) is 19.2 Å². The molecule has 286 valence electrons. The summed E-state index contributed by atoms with van der Waals surface area (Å²) in [6.45, 7) is 7.54. The fourth-order valence-electron chi connectivity index (χ4n) is 6.74. The molecule has 4 N–H and O–H groups in total. The van der Waals surface area contributed by atoms with E-state index in [2.05, 4.69) is 20.8 Å². The number of carbonyl (C=O) groups excluding carboxylic acids is 1. The number of aliphatic hydroxyl groups excluding tert-OH is 4. The van der Waals surface area contributed by atoms with Crippen molar-refractivity contribution >= 4 is 5.97 Å². The van der Waals surface area contributed by atoms with Crippen molar-refractivity contribution in [3.63, 3.8) is 0 Å². The van der Waals surface area contributed by atoms with Crippen LogP contribution in [0.25, 0.3) is 0 Å². The van der Waals surface area contributed by atoms with Gasteiger partial charge in [-0.15, -0.1) is 0 Å². The minimum Gasteiger partial charge on any atom is -0.457 e. The quantitative estimate of drug-likeness (QED) is 0.0392. The van der Waals surface area contributed by atoms with Crippen LogP contribution >= 0.6 is 0 Å². The van der Waals surface area contributed by atoms with Gasteiger partial charge in [0.25, 0.3) is 0 Å². The number of hydrogen-bond donors (Lipinski definition) is 4. The molecule has 0 aromatic carbocycles. The van der Waals surface area contributed by atoms with Crippen LogP contribution in [0.1, 0.15) is 188 Å². The number of carbonyl (C=O) groups is 1. The van der Waals surface area contributed by atoms with Crippen LogP contribution in [-0.2, 0) is 19.0 Å². The maximum Gasteiger partial charge on any atom is 0.306 e. The molecule has 48 heavy (non-hydrogen) atoms. The van der Waals surface area contributed by atoms with Crippen molar-refractivity contribution in [2.75, 3.05) is 19.8 Å². The van der Waals surface area contributed by atoms with Gasteiger partial charge in [0.2, 0.25) is 0 Å². The molecule has 0 spiro atoms. The average molecular weight is 687 g/mol. The lowest BCUT2D eigenvalue weighted by atomic mass is 9.96. The molecule has 0 radical (unpaired) electrons. The lowest BCUT2D eigenvalue weighted by Crippen LogP contribution is -2.39. The largest absolute Gasteiger partial charge is 0.457 e. The van der Waals surface area contributed by atoms with Crippen LogP contribution in [0.2, 0.25) is 0 Å². The second kappa shape index (κ2) is 31.0. The first kappa shape index (κ1) is 45.3. The SMILES string of the molecule is CCCCCCCCCCCCCCC(=O)O[C@@H](COCCCCCCCCC[C@H](C)CCCCCC)COC1[C@@H](O)[C@H](O)[C@@H](O)[C@@H]1O. The van der Waals surface area contributed by atoms with Crippen LogP contribution in [0.15, 0.2) is 0 Å². The van der Waals surface area contributed by atoms with Gasteiger partial charge in [0.05, 0.1) is 13.2 Å². The van der Waals surface area contributed by atoms with Crippen LogP contribution in [0.5, 0.6) is 0 Å². The van der Waals surface area contributed by atoms with E-state index in [1.54, 1.807) is 0 Å². The van der Waals surface area contributed by atoms with E-state index in [1.807, 2.05) is 0 Å². The Bertz CT molecular complexity index is 707. The molecule has 0 saturated heterocycles. The zero-order chi connectivity index (χ0) is 35.2. The van der Waals surface area contributed by atoms with Gasteiger partial charge < -0.3 is 34.6 Å². The molecule has 0 amide bonds. The molecule has 0 aromatic heterocycles. The Balaban J connectivity index is 2.24. The summed E-state index contributed by atoms with van der Waals surface area (Å²) in [7, 11) is 0. The summed E-state index contributed by atoms with van der Waals surface area (Å²) in [6, 6.07) is 0. The van der Waals surface area contributed by atoms with Crippen LogP contribution in [-0.4, -0.2) is 82.8 Å². The highest BCUT2D eigenvalue weighted by molar-refractivity contribution is 5.69. The van der Waals surface area contributed by atoms with Gasteiger partial charge in [-0.05, 0) is 18.8 Å². The molecule has 1 fully saturated rings. The van der Waals surface area contributed by atoms with Gasteiger partial charge in [-0.3, -0.25) is 4.79 Å². The number of rotatable bonds is 34. The average Bonchev–Trinajstić information content (AvgIpc) is 3.26. The molecule has 6 atom stereocenters. The normalized spacial score (nSPS) is 21.1. The Hall–Kier alpha value is -0.770. The maximum absolute atomic E-state index is 12.6. The molecule has 0 bridgehead atoms. The summed E-state index contributed by atoms with van der Waals surface area (Å²) in [5.74, 6) is 0.547. The molecule has 0 heterocycles. The number of unbranched alkanes of at least 4 members (excludes halogenated alkanes) is 20. The summed E-state index contributed by atoms with van der Waals surface area (Å²) in [6.07, 6.45) is 24.0. The number of esters is 1. The van der Waals surface area contributed by atoms with Gasteiger partial charge in [-0.25, -0.2) is 0 Å². The molecular formula is C40H78O8. The van der Waals surface area contributed by atoms with Crippen molar-refractivity contribution in [3.05, 3.63) is 0 Å². The predicted octanol–water partition coefficient (Wildman–Crippen LogP) is 8.58. The van der Waals surface area contributed by atoms with E-state index >= 15 is 0 Å². The molecule has 0 aromatic rings. The number of aliphatic hydroxyl groups is 4. The molecule has 1 rings (SSSR count). The van der Waals surface area contributed by atoms with Crippen molar-refractivity contribution in [2.24, 2.45) is 5.92 Å². The minimum atomic E-state index is -1.49. The molecule has 8 nitrogen and oxygen atoms in total. The molecule has 0 aliphatic heterocycles. The molecule has 8 heteroatoms. The van der Waals surface area contributed by atoms with Crippen LogP contribution in [0.4, 0.5) is 0 Å². The maximum atomic E-state index is 12.6. The molecule has 1 saturated carbocycles. The van der Waals surface area contributed by atoms with E-state index in [9.17, 15) is 25.2 Å². The van der Waals surface area contributed by atoms with Crippen molar-refractivity contribution in [3.8, 4) is 0 Å². The Kier molecular flexibility index (Phi) is 29.2. The standard InChI is InChI=1S/C40H78O8/c1-4-6-8-10-11-12-13-14-15-18-21-25-29-35(41)48-34(32-47-40-38(44)36(42)37(43)39(40)45)31-46-30-26-22-19-16-17-20-24-28-33(3)27-23-9-7-5-2/h33-34,36-40,42-45H,4-32H2,1-3H3/t33-,34+,36-,37-,38+,39+/m1/s1. The van der Waals surface area contributed by atoms with E-state index in [4.69, 9.17) is 14.2 Å². The molecule has 1 aliphatic rings. The monoisotopic (exact) mass is 687 g/mol. The van der Waals surface area contributed by atoms with Crippen molar-refractivity contribution in [2.45, 2.75) is 224 Å². The van der Waals surface area contributed by atoms with Crippen LogP contribution < -0.4 is 0 Å². The third kappa shape index (κ3) is 22.8.